The van der Waals surface area contributed by atoms with Gasteiger partial charge in [-0.25, -0.2) is 4.39 Å². The molecular weight excluding hydrogens is 385 g/mol. The maximum atomic E-state index is 14.6. The molecule has 3 rings (SSSR count). The van der Waals surface area contributed by atoms with Crippen LogP contribution in [0.4, 0.5) is 4.39 Å². The first-order chi connectivity index (χ1) is 14.5. The van der Waals surface area contributed by atoms with Gasteiger partial charge in [0.15, 0.2) is 5.78 Å². The van der Waals surface area contributed by atoms with E-state index in [1.54, 1.807) is 17.0 Å². The van der Waals surface area contributed by atoms with Gasteiger partial charge < -0.3 is 9.64 Å². The number of rotatable bonds is 7. The molecule has 1 saturated heterocycles. The van der Waals surface area contributed by atoms with Gasteiger partial charge in [0.05, 0.1) is 7.11 Å². The Bertz CT molecular complexity index is 913. The number of benzene rings is 2. The van der Waals surface area contributed by atoms with E-state index in [1.807, 2.05) is 30.3 Å². The summed E-state index contributed by atoms with van der Waals surface area (Å²) >= 11 is 0. The van der Waals surface area contributed by atoms with Gasteiger partial charge in [-0.1, -0.05) is 42.5 Å². The third-order valence-electron chi connectivity index (χ3n) is 5.48. The van der Waals surface area contributed by atoms with E-state index >= 15 is 0 Å². The first kappa shape index (κ1) is 21.7. The zero-order valence-electron chi connectivity index (χ0n) is 17.1. The highest BCUT2D eigenvalue weighted by Crippen LogP contribution is 2.26. The molecule has 6 heteroatoms. The third kappa shape index (κ3) is 5.32. The number of halogens is 1. The van der Waals surface area contributed by atoms with Crippen LogP contribution in [0.1, 0.15) is 42.5 Å². The maximum Gasteiger partial charge on any atom is 0.305 e. The zero-order valence-corrected chi connectivity index (χ0v) is 17.1. The Kier molecular flexibility index (Phi) is 7.33. The average molecular weight is 411 g/mol. The molecule has 0 aromatic heterocycles. The number of methoxy groups -OCH3 is 1. The molecule has 1 unspecified atom stereocenters. The minimum absolute atomic E-state index is 0.0676. The average Bonchev–Trinajstić information content (AvgIpc) is 2.79. The van der Waals surface area contributed by atoms with Gasteiger partial charge in [-0.15, -0.1) is 0 Å². The van der Waals surface area contributed by atoms with Gasteiger partial charge in [0.2, 0.25) is 5.91 Å². The Hall–Kier alpha value is -3.02. The summed E-state index contributed by atoms with van der Waals surface area (Å²) in [5, 5.41) is 0. The topological polar surface area (TPSA) is 63.7 Å². The van der Waals surface area contributed by atoms with E-state index in [9.17, 15) is 18.8 Å². The van der Waals surface area contributed by atoms with Gasteiger partial charge in [0.1, 0.15) is 5.82 Å². The fourth-order valence-corrected chi connectivity index (χ4v) is 3.82. The van der Waals surface area contributed by atoms with E-state index in [-0.39, 0.29) is 36.4 Å². The van der Waals surface area contributed by atoms with Crippen LogP contribution in [-0.2, 0) is 14.3 Å². The normalized spacial score (nSPS) is 16.2. The van der Waals surface area contributed by atoms with Crippen LogP contribution in [0.15, 0.2) is 48.5 Å². The molecule has 0 N–H and O–H groups in total. The predicted molar refractivity (Wildman–Crippen MR) is 111 cm³/mol. The highest BCUT2D eigenvalue weighted by atomic mass is 19.1. The number of carbonyl (C=O) groups is 3. The largest absolute Gasteiger partial charge is 0.469 e. The van der Waals surface area contributed by atoms with E-state index in [0.717, 1.165) is 12.0 Å². The van der Waals surface area contributed by atoms with E-state index in [4.69, 9.17) is 0 Å². The molecule has 2 aromatic carbocycles. The molecule has 0 spiro atoms. The van der Waals surface area contributed by atoms with Crippen molar-refractivity contribution in [3.05, 3.63) is 59.9 Å². The summed E-state index contributed by atoms with van der Waals surface area (Å²) in [7, 11) is 1.32. The Balaban J connectivity index is 1.63. The molecule has 30 heavy (non-hydrogen) atoms. The summed E-state index contributed by atoms with van der Waals surface area (Å²) < 4.78 is 19.2. The number of piperidine rings is 1. The molecule has 1 amide bonds. The molecule has 0 saturated carbocycles. The van der Waals surface area contributed by atoms with E-state index in [0.29, 0.717) is 37.1 Å². The van der Waals surface area contributed by atoms with Crippen LogP contribution in [0.25, 0.3) is 11.1 Å². The van der Waals surface area contributed by atoms with Crippen LogP contribution in [0, 0.1) is 11.7 Å². The number of carbonyl (C=O) groups excluding carboxylic acids is 3. The molecule has 2 aromatic rings. The lowest BCUT2D eigenvalue weighted by Crippen LogP contribution is -2.42. The number of hydrogen-bond acceptors (Lipinski definition) is 4. The van der Waals surface area contributed by atoms with Gasteiger partial charge in [0.25, 0.3) is 0 Å². The quantitative estimate of drug-likeness (QED) is 0.505. The second kappa shape index (κ2) is 10.1. The SMILES string of the molecule is COC(=O)CCCC(=O)N1CCCC(C(=O)c2ccc(-c3ccccc3)c(F)c2)C1. The summed E-state index contributed by atoms with van der Waals surface area (Å²) in [4.78, 5) is 38.2. The summed E-state index contributed by atoms with van der Waals surface area (Å²) in [5.41, 5.74) is 1.55. The lowest BCUT2D eigenvalue weighted by molar-refractivity contribution is -0.141. The second-order valence-electron chi connectivity index (χ2n) is 7.53. The van der Waals surface area contributed by atoms with Crippen molar-refractivity contribution in [3.63, 3.8) is 0 Å². The van der Waals surface area contributed by atoms with E-state index in [1.165, 1.54) is 13.2 Å². The molecule has 0 aliphatic carbocycles. The minimum atomic E-state index is -0.432. The van der Waals surface area contributed by atoms with Crippen molar-refractivity contribution in [3.8, 4) is 11.1 Å². The fraction of sp³-hybridized carbons (Fsp3) is 0.375. The number of hydrogen-bond donors (Lipinski definition) is 0. The summed E-state index contributed by atoms with van der Waals surface area (Å²) in [6, 6.07) is 13.8. The van der Waals surface area contributed by atoms with Crippen molar-refractivity contribution >= 4 is 17.7 Å². The summed E-state index contributed by atoms with van der Waals surface area (Å²) in [6.07, 6.45) is 2.27. The van der Waals surface area contributed by atoms with Crippen molar-refractivity contribution in [2.75, 3.05) is 20.2 Å². The summed E-state index contributed by atoms with van der Waals surface area (Å²) in [6.45, 7) is 0.931. The predicted octanol–water partition coefficient (Wildman–Crippen LogP) is 4.26. The van der Waals surface area contributed by atoms with Crippen LogP contribution in [0.2, 0.25) is 0 Å². The smallest absolute Gasteiger partial charge is 0.305 e. The van der Waals surface area contributed by atoms with Gasteiger partial charge in [0, 0.05) is 43.0 Å². The van der Waals surface area contributed by atoms with Crippen LogP contribution < -0.4 is 0 Å². The molecule has 1 fully saturated rings. The Morgan fingerprint density at radius 1 is 1.10 bits per heavy atom. The number of nitrogens with zero attached hydrogens (tertiary/aromatic N) is 1. The fourth-order valence-electron chi connectivity index (χ4n) is 3.82. The number of ether oxygens (including phenoxy) is 1. The molecule has 5 nitrogen and oxygen atoms in total. The van der Waals surface area contributed by atoms with Crippen LogP contribution in [-0.4, -0.2) is 42.8 Å². The Labute approximate surface area is 175 Å². The van der Waals surface area contributed by atoms with Crippen LogP contribution in [0.5, 0.6) is 0 Å². The molecule has 1 aliphatic rings. The number of ketones is 1. The van der Waals surface area contributed by atoms with Gasteiger partial charge in [-0.3, -0.25) is 14.4 Å². The minimum Gasteiger partial charge on any atom is -0.469 e. The van der Waals surface area contributed by atoms with Gasteiger partial charge >= 0.3 is 5.97 Å². The van der Waals surface area contributed by atoms with Gasteiger partial charge in [-0.2, -0.15) is 0 Å². The van der Waals surface area contributed by atoms with E-state index < -0.39 is 5.82 Å². The number of amides is 1. The lowest BCUT2D eigenvalue weighted by atomic mass is 9.89. The Morgan fingerprint density at radius 2 is 1.87 bits per heavy atom. The highest BCUT2D eigenvalue weighted by molar-refractivity contribution is 5.98. The Morgan fingerprint density at radius 3 is 2.57 bits per heavy atom. The number of likely N-dealkylation sites (tertiary alicyclic amines) is 1. The maximum absolute atomic E-state index is 14.6. The van der Waals surface area contributed by atoms with Gasteiger partial charge in [-0.05, 0) is 30.9 Å². The first-order valence-electron chi connectivity index (χ1n) is 10.2. The standard InChI is InChI=1S/C24H26FNO4/c1-30-23(28)11-5-10-22(27)26-14-6-9-19(16-26)24(29)18-12-13-20(21(25)15-18)17-7-3-2-4-8-17/h2-4,7-8,12-13,15,19H,5-6,9-11,14,16H2,1H3. The molecule has 0 radical (unpaired) electrons. The number of esters is 1. The molecule has 1 aliphatic heterocycles. The summed E-state index contributed by atoms with van der Waals surface area (Å²) in [5.74, 6) is -1.32. The first-order valence-corrected chi connectivity index (χ1v) is 10.2. The number of Topliss-reactive ketones (excluding diaryl/α,β-unsaturated/α-hetero) is 1. The van der Waals surface area contributed by atoms with Crippen LogP contribution >= 0.6 is 0 Å². The second-order valence-corrected chi connectivity index (χ2v) is 7.53. The molecule has 158 valence electrons. The van der Waals surface area contributed by atoms with Crippen molar-refractivity contribution in [2.45, 2.75) is 32.1 Å². The molecule has 1 heterocycles. The molecular formula is C24H26FNO4. The van der Waals surface area contributed by atoms with E-state index in [2.05, 4.69) is 4.74 Å². The zero-order chi connectivity index (χ0) is 21.5. The molecule has 0 bridgehead atoms. The van der Waals surface area contributed by atoms with Crippen molar-refractivity contribution in [1.82, 2.24) is 4.90 Å². The molecule has 1 atom stereocenters. The van der Waals surface area contributed by atoms with Crippen molar-refractivity contribution < 1.29 is 23.5 Å². The monoisotopic (exact) mass is 411 g/mol. The van der Waals surface area contributed by atoms with Crippen molar-refractivity contribution in [1.29, 1.82) is 0 Å². The highest BCUT2D eigenvalue weighted by Gasteiger charge is 2.29. The third-order valence-corrected chi connectivity index (χ3v) is 5.48. The van der Waals surface area contributed by atoms with Crippen molar-refractivity contribution in [2.24, 2.45) is 5.92 Å². The lowest BCUT2D eigenvalue weighted by Gasteiger charge is -2.32. The van der Waals surface area contributed by atoms with Crippen LogP contribution in [0.3, 0.4) is 0 Å².